The third-order valence-corrected chi connectivity index (χ3v) is 3.14. The molecule has 0 radical (unpaired) electrons. The second-order valence-electron chi connectivity index (χ2n) is 5.02. The van der Waals surface area contributed by atoms with Crippen LogP contribution in [0, 0.1) is 0 Å². The first-order chi connectivity index (χ1) is 10.1. The molecule has 0 aromatic heterocycles. The van der Waals surface area contributed by atoms with Gasteiger partial charge < -0.3 is 16.0 Å². The maximum absolute atomic E-state index is 12.1. The fraction of sp³-hybridized carbons (Fsp3) is 0.500. The number of nitrogens with one attached hydrogen (secondary N) is 1. The number of nitrogens with zero attached hydrogens (tertiary/aromatic N) is 1. The summed E-state index contributed by atoms with van der Waals surface area (Å²) in [4.78, 5) is 25.8. The number of amides is 2. The number of carbonyl (C=O) groups excluding carboxylic acids is 2. The molecule has 3 N–H and O–H groups in total. The molecule has 0 saturated heterocycles. The lowest BCUT2D eigenvalue weighted by Crippen LogP contribution is -2.33. The lowest BCUT2D eigenvalue weighted by atomic mass is 10.2. The van der Waals surface area contributed by atoms with Gasteiger partial charge in [0.15, 0.2) is 0 Å². The highest BCUT2D eigenvalue weighted by molar-refractivity contribution is 5.95. The molecule has 2 amide bonds. The first kappa shape index (κ1) is 17.0. The summed E-state index contributed by atoms with van der Waals surface area (Å²) in [5.74, 6) is -0.149. The van der Waals surface area contributed by atoms with E-state index in [1.165, 1.54) is 0 Å². The van der Waals surface area contributed by atoms with E-state index in [-0.39, 0.29) is 24.7 Å². The zero-order valence-electron chi connectivity index (χ0n) is 12.9. The van der Waals surface area contributed by atoms with Crippen LogP contribution in [0.4, 0.5) is 11.4 Å². The number of rotatable bonds is 8. The molecule has 0 atom stereocenters. The van der Waals surface area contributed by atoms with Crippen molar-refractivity contribution in [3.63, 3.8) is 0 Å². The Morgan fingerprint density at radius 2 is 1.71 bits per heavy atom. The SMILES string of the molecule is CCCN(CCC)C(=O)CCC(=O)Nc1ccccc1N. The maximum Gasteiger partial charge on any atom is 0.224 e. The summed E-state index contributed by atoms with van der Waals surface area (Å²) >= 11 is 0. The summed E-state index contributed by atoms with van der Waals surface area (Å²) in [6.45, 7) is 5.58. The van der Waals surface area contributed by atoms with E-state index in [1.807, 2.05) is 24.8 Å². The van der Waals surface area contributed by atoms with Gasteiger partial charge in [-0.05, 0) is 25.0 Å². The van der Waals surface area contributed by atoms with Gasteiger partial charge in [-0.25, -0.2) is 0 Å². The minimum absolute atomic E-state index is 0.0369. The van der Waals surface area contributed by atoms with Gasteiger partial charge in [0, 0.05) is 25.9 Å². The van der Waals surface area contributed by atoms with Gasteiger partial charge in [-0.1, -0.05) is 26.0 Å². The molecule has 1 rings (SSSR count). The molecular weight excluding hydrogens is 266 g/mol. The third kappa shape index (κ3) is 5.85. The average Bonchev–Trinajstić information content (AvgIpc) is 2.47. The molecule has 1 aromatic carbocycles. The zero-order chi connectivity index (χ0) is 15.7. The van der Waals surface area contributed by atoms with E-state index in [0.717, 1.165) is 25.9 Å². The van der Waals surface area contributed by atoms with Crippen LogP contribution in [0.15, 0.2) is 24.3 Å². The highest BCUT2D eigenvalue weighted by Gasteiger charge is 2.14. The number of carbonyl (C=O) groups is 2. The van der Waals surface area contributed by atoms with Crippen LogP contribution >= 0.6 is 0 Å². The summed E-state index contributed by atoms with van der Waals surface area (Å²) in [5.41, 5.74) is 6.88. The Hall–Kier alpha value is -2.04. The predicted octanol–water partition coefficient (Wildman–Crippen LogP) is 2.64. The predicted molar refractivity (Wildman–Crippen MR) is 85.9 cm³/mol. The second-order valence-corrected chi connectivity index (χ2v) is 5.02. The molecule has 0 aliphatic rings. The van der Waals surface area contributed by atoms with Crippen LogP contribution in [0.25, 0.3) is 0 Å². The van der Waals surface area contributed by atoms with E-state index < -0.39 is 0 Å². The van der Waals surface area contributed by atoms with E-state index in [0.29, 0.717) is 11.4 Å². The van der Waals surface area contributed by atoms with E-state index in [2.05, 4.69) is 5.32 Å². The standard InChI is InChI=1S/C16H25N3O2/c1-3-11-19(12-4-2)16(21)10-9-15(20)18-14-8-6-5-7-13(14)17/h5-8H,3-4,9-12,17H2,1-2H3,(H,18,20). The Bertz CT molecular complexity index is 468. The van der Waals surface area contributed by atoms with Crippen molar-refractivity contribution in [2.45, 2.75) is 39.5 Å². The molecule has 0 aliphatic heterocycles. The molecule has 5 nitrogen and oxygen atoms in total. The van der Waals surface area contributed by atoms with Crippen molar-refractivity contribution in [1.82, 2.24) is 4.90 Å². The van der Waals surface area contributed by atoms with Gasteiger partial charge in [-0.2, -0.15) is 0 Å². The maximum atomic E-state index is 12.1. The Kier molecular flexibility index (Phi) is 7.29. The smallest absolute Gasteiger partial charge is 0.224 e. The highest BCUT2D eigenvalue weighted by Crippen LogP contribution is 2.17. The van der Waals surface area contributed by atoms with Crippen molar-refractivity contribution >= 4 is 23.2 Å². The van der Waals surface area contributed by atoms with Gasteiger partial charge in [0.1, 0.15) is 0 Å². The largest absolute Gasteiger partial charge is 0.397 e. The Labute approximate surface area is 126 Å². The average molecular weight is 291 g/mol. The molecule has 0 bridgehead atoms. The zero-order valence-corrected chi connectivity index (χ0v) is 12.9. The number of hydrogen-bond donors (Lipinski definition) is 2. The van der Waals surface area contributed by atoms with Crippen LogP contribution in [0.3, 0.4) is 0 Å². The summed E-state index contributed by atoms with van der Waals surface area (Å²) < 4.78 is 0. The van der Waals surface area contributed by atoms with Gasteiger partial charge in [-0.3, -0.25) is 9.59 Å². The van der Waals surface area contributed by atoms with Gasteiger partial charge in [0.05, 0.1) is 11.4 Å². The van der Waals surface area contributed by atoms with Crippen LogP contribution in [0.5, 0.6) is 0 Å². The van der Waals surface area contributed by atoms with Crippen molar-refractivity contribution in [3.05, 3.63) is 24.3 Å². The summed E-state index contributed by atoms with van der Waals surface area (Å²) in [7, 11) is 0. The lowest BCUT2D eigenvalue weighted by molar-refractivity contribution is -0.132. The second kappa shape index (κ2) is 9.00. The van der Waals surface area contributed by atoms with E-state index in [9.17, 15) is 9.59 Å². The molecular formula is C16H25N3O2. The van der Waals surface area contributed by atoms with Crippen molar-refractivity contribution in [2.24, 2.45) is 0 Å². The van der Waals surface area contributed by atoms with Crippen molar-refractivity contribution in [3.8, 4) is 0 Å². The minimum atomic E-state index is -0.186. The van der Waals surface area contributed by atoms with E-state index in [4.69, 9.17) is 5.73 Å². The van der Waals surface area contributed by atoms with Crippen molar-refractivity contribution in [1.29, 1.82) is 0 Å². The Balaban J connectivity index is 2.45. The molecule has 21 heavy (non-hydrogen) atoms. The van der Waals surface area contributed by atoms with E-state index >= 15 is 0 Å². The van der Waals surface area contributed by atoms with Crippen molar-refractivity contribution < 1.29 is 9.59 Å². The highest BCUT2D eigenvalue weighted by atomic mass is 16.2. The first-order valence-electron chi connectivity index (χ1n) is 7.50. The van der Waals surface area contributed by atoms with Gasteiger partial charge in [0.2, 0.25) is 11.8 Å². The fourth-order valence-electron chi connectivity index (χ4n) is 2.10. The number of anilines is 2. The topological polar surface area (TPSA) is 75.4 Å². The summed E-state index contributed by atoms with van der Waals surface area (Å²) in [6.07, 6.45) is 2.27. The quantitative estimate of drug-likeness (QED) is 0.723. The third-order valence-electron chi connectivity index (χ3n) is 3.14. The van der Waals surface area contributed by atoms with Crippen LogP contribution in [-0.2, 0) is 9.59 Å². The van der Waals surface area contributed by atoms with Crippen molar-refractivity contribution in [2.75, 3.05) is 24.1 Å². The number of para-hydroxylation sites is 2. The minimum Gasteiger partial charge on any atom is -0.397 e. The molecule has 0 heterocycles. The van der Waals surface area contributed by atoms with Crippen LogP contribution in [-0.4, -0.2) is 29.8 Å². The molecule has 5 heteroatoms. The lowest BCUT2D eigenvalue weighted by Gasteiger charge is -2.21. The fourth-order valence-corrected chi connectivity index (χ4v) is 2.10. The molecule has 116 valence electrons. The van der Waals surface area contributed by atoms with Gasteiger partial charge in [-0.15, -0.1) is 0 Å². The Morgan fingerprint density at radius 3 is 2.29 bits per heavy atom. The molecule has 0 fully saturated rings. The number of hydrogen-bond acceptors (Lipinski definition) is 3. The van der Waals surface area contributed by atoms with Gasteiger partial charge >= 0.3 is 0 Å². The Morgan fingerprint density at radius 1 is 1.10 bits per heavy atom. The van der Waals surface area contributed by atoms with E-state index in [1.54, 1.807) is 18.2 Å². The summed E-state index contributed by atoms with van der Waals surface area (Å²) in [6, 6.07) is 7.09. The monoisotopic (exact) mass is 291 g/mol. The molecule has 0 saturated carbocycles. The number of nitrogen functional groups attached to an aromatic ring is 1. The van der Waals surface area contributed by atoms with Crippen LogP contribution < -0.4 is 11.1 Å². The molecule has 0 spiro atoms. The van der Waals surface area contributed by atoms with Crippen LogP contribution in [0.2, 0.25) is 0 Å². The number of benzene rings is 1. The summed E-state index contributed by atoms with van der Waals surface area (Å²) in [5, 5.41) is 2.73. The normalized spacial score (nSPS) is 10.2. The van der Waals surface area contributed by atoms with Gasteiger partial charge in [0.25, 0.3) is 0 Å². The first-order valence-corrected chi connectivity index (χ1v) is 7.50. The van der Waals surface area contributed by atoms with Crippen LogP contribution in [0.1, 0.15) is 39.5 Å². The number of nitrogens with two attached hydrogens (primary N) is 1. The molecule has 0 unspecified atom stereocenters. The molecule has 0 aliphatic carbocycles. The molecule has 1 aromatic rings.